The summed E-state index contributed by atoms with van der Waals surface area (Å²) in [6.45, 7) is 3.08. The Morgan fingerprint density at radius 1 is 1.24 bits per heavy atom. The molecule has 0 aliphatic rings. The number of nitrogens with zero attached hydrogens (tertiary/aromatic N) is 1. The van der Waals surface area contributed by atoms with Gasteiger partial charge in [0.1, 0.15) is 5.82 Å². The summed E-state index contributed by atoms with van der Waals surface area (Å²) < 4.78 is 13.0. The van der Waals surface area contributed by atoms with E-state index in [2.05, 4.69) is 34.7 Å². The van der Waals surface area contributed by atoms with Gasteiger partial charge in [0.05, 0.1) is 12.5 Å². The third-order valence-electron chi connectivity index (χ3n) is 3.76. The van der Waals surface area contributed by atoms with Crippen LogP contribution in [-0.4, -0.2) is 25.5 Å². The van der Waals surface area contributed by atoms with Gasteiger partial charge < -0.3 is 16.4 Å². The molecule has 0 saturated heterocycles. The molecule has 2 rings (SSSR count). The number of aliphatic imine (C=N–C) groups is 1. The number of guanidine groups is 1. The zero-order valence-electron chi connectivity index (χ0n) is 14.4. The molecule has 0 aliphatic carbocycles. The lowest BCUT2D eigenvalue weighted by Crippen LogP contribution is -2.42. The fraction of sp³-hybridized carbons (Fsp3) is 0.333. The highest BCUT2D eigenvalue weighted by Crippen LogP contribution is 2.14. The van der Waals surface area contributed by atoms with E-state index in [1.54, 1.807) is 30.5 Å². The molecule has 25 heavy (non-hydrogen) atoms. The molecule has 4 N–H and O–H groups in total. The summed E-state index contributed by atoms with van der Waals surface area (Å²) in [5.41, 5.74) is 6.36. The van der Waals surface area contributed by atoms with Crippen molar-refractivity contribution in [2.45, 2.75) is 19.9 Å². The summed E-state index contributed by atoms with van der Waals surface area (Å²) >= 11 is 1.72. The van der Waals surface area contributed by atoms with Crippen molar-refractivity contribution >= 4 is 23.2 Å². The van der Waals surface area contributed by atoms with Gasteiger partial charge in [-0.15, -0.1) is 11.3 Å². The first-order chi connectivity index (χ1) is 12.0. The smallest absolute Gasteiger partial charge is 0.222 e. The zero-order chi connectivity index (χ0) is 18.2. The molecule has 0 bridgehead atoms. The Morgan fingerprint density at radius 2 is 1.96 bits per heavy atom. The molecule has 1 heterocycles. The van der Waals surface area contributed by atoms with Gasteiger partial charge in [-0.3, -0.25) is 9.79 Å². The van der Waals surface area contributed by atoms with Crippen LogP contribution in [0.15, 0.2) is 41.4 Å². The number of nitrogens with one attached hydrogen (secondary N) is 2. The number of aryl methyl sites for hydroxylation is 1. The highest BCUT2D eigenvalue weighted by atomic mass is 32.1. The molecule has 1 atom stereocenters. The van der Waals surface area contributed by atoms with Gasteiger partial charge in [0.15, 0.2) is 5.96 Å². The van der Waals surface area contributed by atoms with Crippen LogP contribution in [0, 0.1) is 18.7 Å². The van der Waals surface area contributed by atoms with Crippen molar-refractivity contribution < 1.29 is 9.18 Å². The van der Waals surface area contributed by atoms with E-state index in [-0.39, 0.29) is 5.82 Å². The van der Waals surface area contributed by atoms with Gasteiger partial charge in [-0.05, 0) is 43.2 Å². The van der Waals surface area contributed by atoms with E-state index in [0.717, 1.165) is 5.56 Å². The lowest BCUT2D eigenvalue weighted by atomic mass is 9.98. The molecule has 1 unspecified atom stereocenters. The Hall–Kier alpha value is -2.41. The second-order valence-corrected chi connectivity index (χ2v) is 7.12. The van der Waals surface area contributed by atoms with Crippen LogP contribution in [0.2, 0.25) is 0 Å². The van der Waals surface area contributed by atoms with E-state index in [1.807, 2.05) is 0 Å². The van der Waals surface area contributed by atoms with Crippen LogP contribution in [0.5, 0.6) is 0 Å². The zero-order valence-corrected chi connectivity index (χ0v) is 15.2. The molecule has 1 aromatic carbocycles. The van der Waals surface area contributed by atoms with Crippen molar-refractivity contribution in [3.05, 3.63) is 57.5 Å². The number of benzene rings is 1. The van der Waals surface area contributed by atoms with E-state index >= 15 is 0 Å². The van der Waals surface area contributed by atoms with Crippen molar-refractivity contribution in [3.8, 4) is 0 Å². The fourth-order valence-corrected chi connectivity index (χ4v) is 3.20. The Balaban J connectivity index is 1.87. The number of hydrogen-bond acceptors (Lipinski definition) is 3. The summed E-state index contributed by atoms with van der Waals surface area (Å²) in [4.78, 5) is 18.3. The molecular weight excluding hydrogens is 339 g/mol. The van der Waals surface area contributed by atoms with Crippen molar-refractivity contribution in [1.82, 2.24) is 10.6 Å². The number of nitrogens with two attached hydrogens (primary N) is 1. The van der Waals surface area contributed by atoms with Crippen LogP contribution in [0.1, 0.15) is 15.3 Å². The highest BCUT2D eigenvalue weighted by Gasteiger charge is 2.16. The molecule has 0 saturated carbocycles. The van der Waals surface area contributed by atoms with E-state index in [0.29, 0.717) is 25.5 Å². The Morgan fingerprint density at radius 3 is 2.52 bits per heavy atom. The van der Waals surface area contributed by atoms with Gasteiger partial charge in [0, 0.05) is 23.3 Å². The fourth-order valence-electron chi connectivity index (χ4n) is 2.37. The minimum Gasteiger partial charge on any atom is -0.369 e. The molecule has 0 fully saturated rings. The molecule has 0 radical (unpaired) electrons. The van der Waals surface area contributed by atoms with E-state index < -0.39 is 11.8 Å². The van der Waals surface area contributed by atoms with Gasteiger partial charge in [-0.25, -0.2) is 4.39 Å². The minimum absolute atomic E-state index is 0.300. The van der Waals surface area contributed by atoms with Gasteiger partial charge >= 0.3 is 0 Å². The summed E-state index contributed by atoms with van der Waals surface area (Å²) in [7, 11) is 1.67. The summed E-state index contributed by atoms with van der Waals surface area (Å²) in [5.74, 6) is -0.503. The summed E-state index contributed by atoms with van der Waals surface area (Å²) in [6, 6.07) is 10.2. The maximum atomic E-state index is 13.0. The van der Waals surface area contributed by atoms with Crippen molar-refractivity contribution in [1.29, 1.82) is 0 Å². The predicted molar refractivity (Wildman–Crippen MR) is 100 cm³/mol. The van der Waals surface area contributed by atoms with Gasteiger partial charge in [-0.2, -0.15) is 0 Å². The summed E-state index contributed by atoms with van der Waals surface area (Å²) in [5, 5.41) is 6.34. The maximum Gasteiger partial charge on any atom is 0.222 e. The molecule has 5 nitrogen and oxygen atoms in total. The van der Waals surface area contributed by atoms with Crippen LogP contribution in [0.4, 0.5) is 4.39 Å². The molecular formula is C18H23FN4OS. The molecule has 7 heteroatoms. The van der Waals surface area contributed by atoms with Crippen molar-refractivity contribution in [2.75, 3.05) is 13.6 Å². The predicted octanol–water partition coefficient (Wildman–Crippen LogP) is 2.20. The third kappa shape index (κ3) is 6.19. The quantitative estimate of drug-likeness (QED) is 0.522. The van der Waals surface area contributed by atoms with E-state index in [1.165, 1.54) is 21.9 Å². The molecule has 0 spiro atoms. The number of halogens is 1. The first kappa shape index (κ1) is 18.9. The number of amides is 1. The molecule has 1 aromatic heterocycles. The first-order valence-corrected chi connectivity index (χ1v) is 8.83. The Bertz CT molecular complexity index is 727. The summed E-state index contributed by atoms with van der Waals surface area (Å²) in [6.07, 6.45) is 0.448. The van der Waals surface area contributed by atoms with Crippen LogP contribution < -0.4 is 16.4 Å². The topological polar surface area (TPSA) is 79.5 Å². The average Bonchev–Trinajstić information content (AvgIpc) is 3.00. The maximum absolute atomic E-state index is 13.0. The minimum atomic E-state index is -0.409. The lowest BCUT2D eigenvalue weighted by molar-refractivity contribution is -0.121. The van der Waals surface area contributed by atoms with Crippen LogP contribution in [0.3, 0.4) is 0 Å². The van der Waals surface area contributed by atoms with Crippen molar-refractivity contribution in [2.24, 2.45) is 16.6 Å². The van der Waals surface area contributed by atoms with Crippen LogP contribution in [0.25, 0.3) is 0 Å². The average molecular weight is 362 g/mol. The lowest BCUT2D eigenvalue weighted by Gasteiger charge is -2.17. The second kappa shape index (κ2) is 9.17. The Labute approximate surface area is 151 Å². The van der Waals surface area contributed by atoms with Gasteiger partial charge in [0.25, 0.3) is 0 Å². The third-order valence-corrected chi connectivity index (χ3v) is 4.76. The SMILES string of the molecule is CN=C(NCc1ccc(C)s1)NCC(Cc1ccc(F)cc1)C(N)=O. The van der Waals surface area contributed by atoms with Crippen LogP contribution in [-0.2, 0) is 17.8 Å². The number of thiophene rings is 1. The Kier molecular flexibility index (Phi) is 6.94. The molecule has 2 aromatic rings. The normalized spacial score (nSPS) is 12.7. The van der Waals surface area contributed by atoms with Crippen LogP contribution >= 0.6 is 11.3 Å². The number of hydrogen-bond donors (Lipinski definition) is 3. The van der Waals surface area contributed by atoms with Crippen molar-refractivity contribution in [3.63, 3.8) is 0 Å². The highest BCUT2D eigenvalue weighted by molar-refractivity contribution is 7.11. The molecule has 0 aliphatic heterocycles. The standard InChI is InChI=1S/C18H23FN4OS/c1-12-3-8-16(25-12)11-23-18(21-2)22-10-14(17(20)24)9-13-4-6-15(19)7-5-13/h3-8,14H,9-11H2,1-2H3,(H2,20,24)(H2,21,22,23). The van der Waals surface area contributed by atoms with Gasteiger partial charge in [-0.1, -0.05) is 12.1 Å². The second-order valence-electron chi connectivity index (χ2n) is 5.75. The number of carbonyl (C=O) groups is 1. The number of primary amides is 1. The molecule has 134 valence electrons. The monoisotopic (exact) mass is 362 g/mol. The first-order valence-electron chi connectivity index (χ1n) is 8.01. The largest absolute Gasteiger partial charge is 0.369 e. The van der Waals surface area contributed by atoms with Gasteiger partial charge in [0.2, 0.25) is 5.91 Å². The number of rotatable bonds is 7. The number of carbonyl (C=O) groups excluding carboxylic acids is 1. The molecule has 1 amide bonds. The van der Waals surface area contributed by atoms with E-state index in [4.69, 9.17) is 5.73 Å². The van der Waals surface area contributed by atoms with E-state index in [9.17, 15) is 9.18 Å².